The molecule has 0 fully saturated rings. The largest absolute Gasteiger partial charge is 0.494 e. The molecule has 36 heavy (non-hydrogen) atoms. The second-order valence-corrected chi connectivity index (χ2v) is 8.76. The third-order valence-corrected chi connectivity index (χ3v) is 5.93. The summed E-state index contributed by atoms with van der Waals surface area (Å²) in [7, 11) is 0. The topological polar surface area (TPSA) is 84.9 Å². The number of carbonyl (C=O) groups excluding carboxylic acids is 3. The fourth-order valence-corrected chi connectivity index (χ4v) is 3.84. The Balaban J connectivity index is 1.43. The molecular weight excluding hydrogens is 480 g/mol. The molecule has 0 aromatic heterocycles. The SMILES string of the molecule is CCOc1ccc(N2C(=O)C(Cl)=C(Nc3ccc(C(=O)Oc4ccc(C(C)C)cc4)cc3)C2=O)cc1. The minimum Gasteiger partial charge on any atom is -0.494 e. The molecule has 0 bridgehead atoms. The molecule has 0 saturated heterocycles. The summed E-state index contributed by atoms with van der Waals surface area (Å²) < 4.78 is 10.8. The molecule has 0 atom stereocenters. The minimum atomic E-state index is -0.628. The van der Waals surface area contributed by atoms with Gasteiger partial charge in [-0.05, 0) is 79.1 Å². The van der Waals surface area contributed by atoms with Gasteiger partial charge in [0.1, 0.15) is 22.2 Å². The molecule has 0 saturated carbocycles. The van der Waals surface area contributed by atoms with Crippen LogP contribution in [0.25, 0.3) is 0 Å². The van der Waals surface area contributed by atoms with Crippen molar-refractivity contribution >= 4 is 40.8 Å². The summed E-state index contributed by atoms with van der Waals surface area (Å²) >= 11 is 6.21. The summed E-state index contributed by atoms with van der Waals surface area (Å²) in [6.07, 6.45) is 0. The first-order valence-corrected chi connectivity index (χ1v) is 11.9. The van der Waals surface area contributed by atoms with Gasteiger partial charge in [0.15, 0.2) is 0 Å². The van der Waals surface area contributed by atoms with Gasteiger partial charge in [0, 0.05) is 5.69 Å². The van der Waals surface area contributed by atoms with E-state index in [0.29, 0.717) is 41.0 Å². The van der Waals surface area contributed by atoms with Crippen LogP contribution in [0.15, 0.2) is 83.5 Å². The first-order valence-electron chi connectivity index (χ1n) is 11.5. The van der Waals surface area contributed by atoms with Gasteiger partial charge in [-0.3, -0.25) is 9.59 Å². The van der Waals surface area contributed by atoms with Crippen molar-refractivity contribution in [1.29, 1.82) is 0 Å². The highest BCUT2D eigenvalue weighted by Crippen LogP contribution is 2.31. The van der Waals surface area contributed by atoms with Crippen molar-refractivity contribution in [2.24, 2.45) is 0 Å². The fourth-order valence-electron chi connectivity index (χ4n) is 3.62. The number of amides is 2. The number of nitrogens with one attached hydrogen (secondary N) is 1. The molecule has 0 unspecified atom stereocenters. The Morgan fingerprint density at radius 2 is 1.50 bits per heavy atom. The standard InChI is InChI=1S/C28H25ClN2O5/c1-4-35-22-15-11-21(12-16-22)31-26(32)24(29)25(27(31)33)30-20-9-5-19(6-10-20)28(34)36-23-13-7-18(8-14-23)17(2)3/h5-17,30H,4H2,1-3H3. The number of esters is 1. The van der Waals surface area contributed by atoms with Crippen LogP contribution in [0.3, 0.4) is 0 Å². The molecule has 0 spiro atoms. The summed E-state index contributed by atoms with van der Waals surface area (Å²) in [4.78, 5) is 39.2. The molecule has 1 heterocycles. The van der Waals surface area contributed by atoms with Crippen molar-refractivity contribution in [2.75, 3.05) is 16.8 Å². The monoisotopic (exact) mass is 504 g/mol. The van der Waals surface area contributed by atoms with Gasteiger partial charge in [0.2, 0.25) is 0 Å². The zero-order valence-corrected chi connectivity index (χ0v) is 20.8. The van der Waals surface area contributed by atoms with Crippen LogP contribution in [0.4, 0.5) is 11.4 Å². The van der Waals surface area contributed by atoms with E-state index < -0.39 is 17.8 Å². The van der Waals surface area contributed by atoms with Gasteiger partial charge >= 0.3 is 5.97 Å². The van der Waals surface area contributed by atoms with Gasteiger partial charge in [0.25, 0.3) is 11.8 Å². The average molecular weight is 505 g/mol. The molecular formula is C28H25ClN2O5. The van der Waals surface area contributed by atoms with E-state index >= 15 is 0 Å². The lowest BCUT2D eigenvalue weighted by Crippen LogP contribution is -2.32. The smallest absolute Gasteiger partial charge is 0.343 e. The second-order valence-electron chi connectivity index (χ2n) is 8.38. The lowest BCUT2D eigenvalue weighted by Gasteiger charge is -2.15. The molecule has 0 aliphatic carbocycles. The van der Waals surface area contributed by atoms with Crippen LogP contribution in [-0.2, 0) is 9.59 Å². The highest BCUT2D eigenvalue weighted by Gasteiger charge is 2.39. The molecule has 2 amide bonds. The molecule has 1 aliphatic heterocycles. The molecule has 3 aromatic rings. The number of benzene rings is 3. The van der Waals surface area contributed by atoms with Crippen LogP contribution >= 0.6 is 11.6 Å². The number of imide groups is 1. The lowest BCUT2D eigenvalue weighted by molar-refractivity contribution is -0.120. The minimum absolute atomic E-state index is 0.0453. The van der Waals surface area contributed by atoms with Crippen molar-refractivity contribution in [2.45, 2.75) is 26.7 Å². The molecule has 0 radical (unpaired) electrons. The maximum atomic E-state index is 13.0. The highest BCUT2D eigenvalue weighted by atomic mass is 35.5. The van der Waals surface area contributed by atoms with Gasteiger partial charge in [-0.25, -0.2) is 9.69 Å². The molecule has 3 aromatic carbocycles. The van der Waals surface area contributed by atoms with Crippen LogP contribution in [0.1, 0.15) is 42.6 Å². The molecule has 8 heteroatoms. The zero-order chi connectivity index (χ0) is 25.8. The van der Waals surface area contributed by atoms with E-state index in [1.807, 2.05) is 19.1 Å². The Morgan fingerprint density at radius 3 is 2.08 bits per heavy atom. The predicted molar refractivity (Wildman–Crippen MR) is 139 cm³/mol. The molecule has 1 aliphatic rings. The predicted octanol–water partition coefficient (Wildman–Crippen LogP) is 5.86. The van der Waals surface area contributed by atoms with E-state index in [4.69, 9.17) is 21.1 Å². The second kappa shape index (κ2) is 10.7. The third-order valence-electron chi connectivity index (χ3n) is 5.58. The van der Waals surface area contributed by atoms with Crippen molar-refractivity contribution in [3.8, 4) is 11.5 Å². The first kappa shape index (κ1) is 25.0. The average Bonchev–Trinajstić information content (AvgIpc) is 3.08. The van der Waals surface area contributed by atoms with Crippen LogP contribution in [-0.4, -0.2) is 24.4 Å². The number of ether oxygens (including phenoxy) is 2. The number of carbonyl (C=O) groups is 3. The summed E-state index contributed by atoms with van der Waals surface area (Å²) in [5.74, 6) is -0.255. The van der Waals surface area contributed by atoms with Gasteiger partial charge in [-0.2, -0.15) is 0 Å². The van der Waals surface area contributed by atoms with Crippen LogP contribution in [0.5, 0.6) is 11.5 Å². The van der Waals surface area contributed by atoms with E-state index in [-0.39, 0.29) is 10.7 Å². The number of anilines is 2. The quantitative estimate of drug-likeness (QED) is 0.235. The van der Waals surface area contributed by atoms with Crippen LogP contribution in [0, 0.1) is 0 Å². The van der Waals surface area contributed by atoms with Crippen molar-refractivity contribution < 1.29 is 23.9 Å². The summed E-state index contributed by atoms with van der Waals surface area (Å²) in [5.41, 5.74) is 2.30. The van der Waals surface area contributed by atoms with Crippen molar-refractivity contribution in [3.05, 3.63) is 94.7 Å². The van der Waals surface area contributed by atoms with Crippen molar-refractivity contribution in [3.63, 3.8) is 0 Å². The summed E-state index contributed by atoms with van der Waals surface area (Å²) in [5, 5.41) is 2.67. The number of hydrogen-bond donors (Lipinski definition) is 1. The summed E-state index contributed by atoms with van der Waals surface area (Å²) in [6, 6.07) is 20.3. The lowest BCUT2D eigenvalue weighted by atomic mass is 10.0. The van der Waals surface area contributed by atoms with E-state index in [1.54, 1.807) is 60.7 Å². The summed E-state index contributed by atoms with van der Waals surface area (Å²) in [6.45, 7) is 6.55. The maximum absolute atomic E-state index is 13.0. The Labute approximate surface area is 214 Å². The van der Waals surface area contributed by atoms with Gasteiger partial charge in [-0.15, -0.1) is 0 Å². The van der Waals surface area contributed by atoms with Crippen LogP contribution < -0.4 is 19.7 Å². The zero-order valence-electron chi connectivity index (χ0n) is 20.1. The molecule has 184 valence electrons. The Morgan fingerprint density at radius 1 is 0.889 bits per heavy atom. The maximum Gasteiger partial charge on any atom is 0.343 e. The van der Waals surface area contributed by atoms with E-state index in [1.165, 1.54) is 0 Å². The third kappa shape index (κ3) is 5.26. The van der Waals surface area contributed by atoms with E-state index in [9.17, 15) is 14.4 Å². The van der Waals surface area contributed by atoms with Gasteiger partial charge in [-0.1, -0.05) is 37.6 Å². The number of nitrogens with zero attached hydrogens (tertiary/aromatic N) is 1. The Hall–Kier alpha value is -4.10. The highest BCUT2D eigenvalue weighted by molar-refractivity contribution is 6.53. The van der Waals surface area contributed by atoms with Gasteiger partial charge in [0.05, 0.1) is 17.9 Å². The normalized spacial score (nSPS) is 13.4. The molecule has 4 rings (SSSR count). The van der Waals surface area contributed by atoms with Crippen LogP contribution in [0.2, 0.25) is 0 Å². The first-order chi connectivity index (χ1) is 17.3. The molecule has 1 N–H and O–H groups in total. The van der Waals surface area contributed by atoms with E-state index in [2.05, 4.69) is 19.2 Å². The van der Waals surface area contributed by atoms with Crippen molar-refractivity contribution in [1.82, 2.24) is 0 Å². The van der Waals surface area contributed by atoms with Gasteiger partial charge < -0.3 is 14.8 Å². The fraction of sp³-hybridized carbons (Fsp3) is 0.179. The number of hydrogen-bond acceptors (Lipinski definition) is 6. The van der Waals surface area contributed by atoms with E-state index in [0.717, 1.165) is 10.5 Å². The molecule has 7 nitrogen and oxygen atoms in total. The Bertz CT molecular complexity index is 1310. The number of halogens is 1. The Kier molecular flexibility index (Phi) is 7.41. The number of rotatable bonds is 8.